The molecule has 0 atom stereocenters. The Labute approximate surface area is 240 Å². The van der Waals surface area contributed by atoms with Gasteiger partial charge in [-0.2, -0.15) is 0 Å². The molecule has 194 valence electrons. The molecule has 0 unspecified atom stereocenters. The van der Waals surface area contributed by atoms with E-state index in [1.165, 1.54) is 33.2 Å². The molecule has 0 saturated heterocycles. The van der Waals surface area contributed by atoms with E-state index in [0.29, 0.717) is 5.89 Å². The van der Waals surface area contributed by atoms with Gasteiger partial charge in [0, 0.05) is 32.5 Å². The monoisotopic (exact) mass is 535 g/mol. The van der Waals surface area contributed by atoms with E-state index in [4.69, 9.17) is 13.8 Å². The van der Waals surface area contributed by atoms with Crippen LogP contribution in [0.4, 0.5) is 0 Å². The number of furan rings is 1. The molecule has 9 aromatic rings. The van der Waals surface area contributed by atoms with Crippen LogP contribution in [0.5, 0.6) is 0 Å². The van der Waals surface area contributed by atoms with E-state index in [2.05, 4.69) is 109 Å². The molecule has 2 heterocycles. The Morgan fingerprint density at radius 1 is 0.452 bits per heavy atom. The van der Waals surface area contributed by atoms with Crippen LogP contribution in [0.3, 0.4) is 0 Å². The minimum Gasteiger partial charge on any atom is -0.455 e. The van der Waals surface area contributed by atoms with Gasteiger partial charge in [0.1, 0.15) is 16.7 Å². The highest BCUT2D eigenvalue weighted by molar-refractivity contribution is 6.27. The van der Waals surface area contributed by atoms with Gasteiger partial charge in [0.15, 0.2) is 5.58 Å². The molecule has 0 N–H and O–H groups in total. The van der Waals surface area contributed by atoms with Gasteiger partial charge in [0.2, 0.25) is 5.89 Å². The second kappa shape index (κ2) is 7.96. The van der Waals surface area contributed by atoms with Crippen LogP contribution in [0.1, 0.15) is 0 Å². The van der Waals surface area contributed by atoms with Crippen molar-refractivity contribution in [1.29, 1.82) is 0 Å². The highest BCUT2D eigenvalue weighted by atomic mass is 16.3. The summed E-state index contributed by atoms with van der Waals surface area (Å²) in [5.74, 6) is 0.632. The number of aromatic nitrogens is 1. The van der Waals surface area contributed by atoms with Crippen molar-refractivity contribution >= 4 is 54.6 Å². The standard InChI is InChI=1S/C39H21NO2/c1-2-11-26-22(8-1)18-19-34-37(26)40-39(42-34)24-10-5-9-23(20-24)25-13-6-14-28-29-15-7-16-30-36(29)32(35(25)28)21-31-27-12-3-4-17-33(27)41-38(30)31/h1-21H. The van der Waals surface area contributed by atoms with Gasteiger partial charge in [0.05, 0.1) is 0 Å². The van der Waals surface area contributed by atoms with Crippen LogP contribution in [-0.2, 0) is 0 Å². The Bertz CT molecular complexity index is 2580. The maximum Gasteiger partial charge on any atom is 0.227 e. The number of para-hydroxylation sites is 1. The predicted molar refractivity (Wildman–Crippen MR) is 172 cm³/mol. The molecule has 3 heteroatoms. The molecule has 1 aliphatic carbocycles. The van der Waals surface area contributed by atoms with Crippen LogP contribution in [0.2, 0.25) is 0 Å². The summed E-state index contributed by atoms with van der Waals surface area (Å²) in [6.07, 6.45) is 0. The fourth-order valence-corrected chi connectivity index (χ4v) is 6.99. The molecular weight excluding hydrogens is 514 g/mol. The van der Waals surface area contributed by atoms with E-state index in [1.54, 1.807) is 0 Å². The summed E-state index contributed by atoms with van der Waals surface area (Å²) in [6, 6.07) is 44.8. The normalized spacial score (nSPS) is 12.3. The molecule has 0 radical (unpaired) electrons. The highest BCUT2D eigenvalue weighted by Crippen LogP contribution is 2.53. The van der Waals surface area contributed by atoms with Crippen molar-refractivity contribution < 1.29 is 8.83 Å². The number of oxazole rings is 1. The maximum atomic E-state index is 6.42. The molecule has 0 fully saturated rings. The first-order valence-corrected chi connectivity index (χ1v) is 14.2. The Hall–Kier alpha value is -5.67. The van der Waals surface area contributed by atoms with Crippen molar-refractivity contribution in [1.82, 2.24) is 4.98 Å². The van der Waals surface area contributed by atoms with Gasteiger partial charge in [-0.25, -0.2) is 4.98 Å². The summed E-state index contributed by atoms with van der Waals surface area (Å²) in [5.41, 5.74) is 11.9. The summed E-state index contributed by atoms with van der Waals surface area (Å²) in [5, 5.41) is 6.98. The second-order valence-corrected chi connectivity index (χ2v) is 11.1. The molecule has 0 saturated carbocycles. The SMILES string of the molecule is c1cc(-c2nc3c(ccc4ccccc43)o2)cc(-c2cccc3c2-c2cc4c5ccccc5oc4c4cccc-3c24)c1. The average molecular weight is 536 g/mol. The first-order valence-electron chi connectivity index (χ1n) is 14.2. The van der Waals surface area contributed by atoms with Gasteiger partial charge in [-0.15, -0.1) is 0 Å². The van der Waals surface area contributed by atoms with Gasteiger partial charge in [-0.1, -0.05) is 97.1 Å². The molecule has 2 aromatic heterocycles. The summed E-state index contributed by atoms with van der Waals surface area (Å²) in [4.78, 5) is 4.96. The van der Waals surface area contributed by atoms with E-state index < -0.39 is 0 Å². The lowest BCUT2D eigenvalue weighted by Crippen LogP contribution is -1.86. The summed E-state index contributed by atoms with van der Waals surface area (Å²) in [7, 11) is 0. The molecule has 3 nitrogen and oxygen atoms in total. The fourth-order valence-electron chi connectivity index (χ4n) is 6.99. The zero-order chi connectivity index (χ0) is 27.4. The molecule has 0 aliphatic heterocycles. The lowest BCUT2D eigenvalue weighted by atomic mass is 9.92. The topological polar surface area (TPSA) is 39.2 Å². The van der Waals surface area contributed by atoms with Gasteiger partial charge in [0.25, 0.3) is 0 Å². The zero-order valence-electron chi connectivity index (χ0n) is 22.4. The second-order valence-electron chi connectivity index (χ2n) is 11.1. The first-order chi connectivity index (χ1) is 20.8. The number of fused-ring (bicyclic) bond motifs is 10. The smallest absolute Gasteiger partial charge is 0.227 e. The van der Waals surface area contributed by atoms with E-state index in [1.807, 2.05) is 18.2 Å². The Morgan fingerprint density at radius 2 is 1.21 bits per heavy atom. The number of benzene rings is 7. The first kappa shape index (κ1) is 22.1. The number of hydrogen-bond donors (Lipinski definition) is 0. The Balaban J connectivity index is 1.20. The third kappa shape index (κ3) is 2.87. The summed E-state index contributed by atoms with van der Waals surface area (Å²) >= 11 is 0. The minimum absolute atomic E-state index is 0.632. The van der Waals surface area contributed by atoms with Crippen molar-refractivity contribution in [3.05, 3.63) is 127 Å². The molecule has 1 aliphatic rings. The predicted octanol–water partition coefficient (Wildman–Crippen LogP) is 11.0. The quantitative estimate of drug-likeness (QED) is 0.221. The minimum atomic E-state index is 0.632. The Kier molecular flexibility index (Phi) is 4.18. The summed E-state index contributed by atoms with van der Waals surface area (Å²) < 4.78 is 12.7. The largest absolute Gasteiger partial charge is 0.455 e. The van der Waals surface area contributed by atoms with Gasteiger partial charge in [-0.05, 0) is 69.1 Å². The molecule has 0 amide bonds. The average Bonchev–Trinajstić information content (AvgIpc) is 3.75. The van der Waals surface area contributed by atoms with Crippen molar-refractivity contribution in [2.45, 2.75) is 0 Å². The molecule has 10 rings (SSSR count). The van der Waals surface area contributed by atoms with Crippen molar-refractivity contribution in [3.8, 4) is 44.8 Å². The molecule has 0 bridgehead atoms. The summed E-state index contributed by atoms with van der Waals surface area (Å²) in [6.45, 7) is 0. The van der Waals surface area contributed by atoms with Crippen molar-refractivity contribution in [3.63, 3.8) is 0 Å². The van der Waals surface area contributed by atoms with E-state index in [9.17, 15) is 0 Å². The van der Waals surface area contributed by atoms with Crippen molar-refractivity contribution in [2.24, 2.45) is 0 Å². The lowest BCUT2D eigenvalue weighted by Gasteiger charge is -2.11. The van der Waals surface area contributed by atoms with Crippen LogP contribution < -0.4 is 0 Å². The van der Waals surface area contributed by atoms with Crippen LogP contribution in [0.25, 0.3) is 99.4 Å². The maximum absolute atomic E-state index is 6.42. The zero-order valence-corrected chi connectivity index (χ0v) is 22.4. The van der Waals surface area contributed by atoms with Crippen molar-refractivity contribution in [2.75, 3.05) is 0 Å². The highest BCUT2D eigenvalue weighted by Gasteiger charge is 2.27. The Morgan fingerprint density at radius 3 is 2.19 bits per heavy atom. The fraction of sp³-hybridized carbons (Fsp3) is 0. The molecule has 42 heavy (non-hydrogen) atoms. The third-order valence-corrected chi connectivity index (χ3v) is 8.83. The van der Waals surface area contributed by atoms with Gasteiger partial charge >= 0.3 is 0 Å². The van der Waals surface area contributed by atoms with E-state index in [-0.39, 0.29) is 0 Å². The lowest BCUT2D eigenvalue weighted by molar-refractivity contribution is 0.620. The third-order valence-electron chi connectivity index (χ3n) is 8.83. The number of rotatable bonds is 2. The van der Waals surface area contributed by atoms with E-state index in [0.717, 1.165) is 60.3 Å². The molecular formula is C39H21NO2. The number of hydrogen-bond acceptors (Lipinski definition) is 3. The van der Waals surface area contributed by atoms with Gasteiger partial charge < -0.3 is 8.83 Å². The van der Waals surface area contributed by atoms with Crippen LogP contribution in [-0.4, -0.2) is 4.98 Å². The van der Waals surface area contributed by atoms with Crippen LogP contribution in [0, 0.1) is 0 Å². The van der Waals surface area contributed by atoms with Crippen LogP contribution >= 0.6 is 0 Å². The molecule has 7 aromatic carbocycles. The van der Waals surface area contributed by atoms with Gasteiger partial charge in [-0.3, -0.25) is 0 Å². The molecule has 0 spiro atoms. The van der Waals surface area contributed by atoms with Crippen LogP contribution in [0.15, 0.2) is 136 Å². The van der Waals surface area contributed by atoms with E-state index >= 15 is 0 Å². The number of nitrogens with zero attached hydrogens (tertiary/aromatic N) is 1.